The SMILES string of the molecule is CCC[C@@H](C(=O)O)N1C(=O)[C@@H](Cc2ccc(-c3ccccc3)cc2)O[C@H](c2ccc(Cl)cc2)[C@@H]1c1ccc(Cl)cc1. The van der Waals surface area contributed by atoms with Gasteiger partial charge in [-0.3, -0.25) is 4.79 Å². The molecule has 7 heteroatoms. The smallest absolute Gasteiger partial charge is 0.326 e. The maximum atomic E-state index is 14.2. The molecule has 1 amide bonds. The molecule has 0 saturated carbocycles. The van der Waals surface area contributed by atoms with Crippen molar-refractivity contribution < 1.29 is 19.4 Å². The summed E-state index contributed by atoms with van der Waals surface area (Å²) in [5.74, 6) is -1.38. The van der Waals surface area contributed by atoms with Crippen molar-refractivity contribution in [2.24, 2.45) is 0 Å². The highest BCUT2D eigenvalue weighted by atomic mass is 35.5. The largest absolute Gasteiger partial charge is 0.480 e. The Morgan fingerprint density at radius 2 is 1.39 bits per heavy atom. The van der Waals surface area contributed by atoms with Crippen molar-refractivity contribution in [1.29, 1.82) is 0 Å². The van der Waals surface area contributed by atoms with E-state index in [2.05, 4.69) is 0 Å². The van der Waals surface area contributed by atoms with Crippen molar-refractivity contribution in [2.45, 2.75) is 50.5 Å². The molecular formula is C34H31Cl2NO4. The molecule has 1 aliphatic heterocycles. The van der Waals surface area contributed by atoms with Gasteiger partial charge >= 0.3 is 5.97 Å². The van der Waals surface area contributed by atoms with E-state index in [1.54, 1.807) is 24.3 Å². The second-order valence-corrected chi connectivity index (χ2v) is 11.1. The van der Waals surface area contributed by atoms with Gasteiger partial charge in [0, 0.05) is 16.5 Å². The van der Waals surface area contributed by atoms with Gasteiger partial charge in [0.15, 0.2) is 0 Å². The number of ether oxygens (including phenoxy) is 1. The minimum Gasteiger partial charge on any atom is -0.480 e. The first kappa shape index (κ1) is 28.9. The van der Waals surface area contributed by atoms with Crippen LogP contribution in [0.2, 0.25) is 10.0 Å². The van der Waals surface area contributed by atoms with Crippen molar-refractivity contribution in [3.05, 3.63) is 130 Å². The average molecular weight is 589 g/mol. The normalized spacial score (nSPS) is 19.6. The highest BCUT2D eigenvalue weighted by Gasteiger charge is 2.48. The molecule has 0 bridgehead atoms. The zero-order chi connectivity index (χ0) is 28.9. The molecule has 0 radical (unpaired) electrons. The lowest BCUT2D eigenvalue weighted by molar-refractivity contribution is -0.184. The minimum atomic E-state index is -1.04. The van der Waals surface area contributed by atoms with E-state index in [-0.39, 0.29) is 5.91 Å². The summed E-state index contributed by atoms with van der Waals surface area (Å²) in [5.41, 5.74) is 4.65. The first-order chi connectivity index (χ1) is 19.9. The summed E-state index contributed by atoms with van der Waals surface area (Å²) in [6.07, 6.45) is -0.275. The van der Waals surface area contributed by atoms with E-state index < -0.39 is 30.3 Å². The van der Waals surface area contributed by atoms with Crippen LogP contribution in [0.15, 0.2) is 103 Å². The molecule has 0 aromatic heterocycles. The van der Waals surface area contributed by atoms with Crippen LogP contribution in [0.4, 0.5) is 0 Å². The quantitative estimate of drug-likeness (QED) is 0.214. The van der Waals surface area contributed by atoms with Crippen molar-refractivity contribution in [1.82, 2.24) is 4.90 Å². The summed E-state index contributed by atoms with van der Waals surface area (Å²) < 4.78 is 6.62. The summed E-state index contributed by atoms with van der Waals surface area (Å²) in [7, 11) is 0. The Morgan fingerprint density at radius 1 is 0.829 bits per heavy atom. The predicted octanol–water partition coefficient (Wildman–Crippen LogP) is 8.17. The summed E-state index contributed by atoms with van der Waals surface area (Å²) in [6.45, 7) is 1.92. The maximum absolute atomic E-state index is 14.2. The minimum absolute atomic E-state index is 0.306. The van der Waals surface area contributed by atoms with E-state index in [0.29, 0.717) is 29.3 Å². The van der Waals surface area contributed by atoms with Crippen LogP contribution in [-0.4, -0.2) is 34.0 Å². The molecule has 0 unspecified atom stereocenters. The molecular weight excluding hydrogens is 557 g/mol. The molecule has 41 heavy (non-hydrogen) atoms. The van der Waals surface area contributed by atoms with Crippen LogP contribution < -0.4 is 0 Å². The molecule has 0 aliphatic carbocycles. The highest BCUT2D eigenvalue weighted by molar-refractivity contribution is 6.30. The van der Waals surface area contributed by atoms with E-state index in [0.717, 1.165) is 27.8 Å². The fraction of sp³-hybridized carbons (Fsp3) is 0.235. The van der Waals surface area contributed by atoms with Gasteiger partial charge in [-0.15, -0.1) is 0 Å². The Balaban J connectivity index is 1.55. The summed E-state index contributed by atoms with van der Waals surface area (Å²) in [5, 5.41) is 11.4. The van der Waals surface area contributed by atoms with Crippen LogP contribution in [-0.2, 0) is 20.7 Å². The first-order valence-electron chi connectivity index (χ1n) is 13.7. The van der Waals surface area contributed by atoms with Crippen LogP contribution in [0.3, 0.4) is 0 Å². The van der Waals surface area contributed by atoms with Gasteiger partial charge in [0.25, 0.3) is 5.91 Å². The Labute approximate surface area is 250 Å². The lowest BCUT2D eigenvalue weighted by Crippen LogP contribution is -2.57. The molecule has 4 aromatic carbocycles. The molecule has 1 N–H and O–H groups in total. The van der Waals surface area contributed by atoms with E-state index in [9.17, 15) is 14.7 Å². The predicted molar refractivity (Wildman–Crippen MR) is 162 cm³/mol. The van der Waals surface area contributed by atoms with Crippen molar-refractivity contribution in [3.8, 4) is 11.1 Å². The number of carboxylic acids is 1. The molecule has 1 aliphatic rings. The number of amides is 1. The fourth-order valence-corrected chi connectivity index (χ4v) is 5.74. The number of carbonyl (C=O) groups is 2. The number of hydrogen-bond donors (Lipinski definition) is 1. The van der Waals surface area contributed by atoms with Crippen LogP contribution in [0.1, 0.15) is 48.6 Å². The molecule has 1 fully saturated rings. The van der Waals surface area contributed by atoms with Crippen LogP contribution in [0.25, 0.3) is 11.1 Å². The van der Waals surface area contributed by atoms with Crippen molar-refractivity contribution >= 4 is 35.1 Å². The molecule has 1 saturated heterocycles. The number of carboxylic acid groups (broad SMARTS) is 1. The molecule has 5 nitrogen and oxygen atoms in total. The maximum Gasteiger partial charge on any atom is 0.326 e. The number of benzene rings is 4. The topological polar surface area (TPSA) is 66.8 Å². The summed E-state index contributed by atoms with van der Waals surface area (Å²) >= 11 is 12.4. The number of rotatable bonds is 9. The zero-order valence-electron chi connectivity index (χ0n) is 22.6. The van der Waals surface area contributed by atoms with E-state index in [1.807, 2.05) is 85.8 Å². The molecule has 1 heterocycles. The number of aliphatic carboxylic acids is 1. The van der Waals surface area contributed by atoms with E-state index in [1.165, 1.54) is 4.90 Å². The van der Waals surface area contributed by atoms with Gasteiger partial charge in [-0.25, -0.2) is 4.79 Å². The zero-order valence-corrected chi connectivity index (χ0v) is 24.1. The Kier molecular flexibility index (Phi) is 9.09. The van der Waals surface area contributed by atoms with Gasteiger partial charge in [-0.05, 0) is 58.5 Å². The van der Waals surface area contributed by atoms with E-state index >= 15 is 0 Å². The molecule has 4 atom stereocenters. The summed E-state index contributed by atoms with van der Waals surface area (Å²) in [6, 6.07) is 30.8. The monoisotopic (exact) mass is 587 g/mol. The van der Waals surface area contributed by atoms with Crippen LogP contribution in [0.5, 0.6) is 0 Å². The molecule has 4 aromatic rings. The van der Waals surface area contributed by atoms with Gasteiger partial charge in [-0.2, -0.15) is 0 Å². The standard InChI is InChI=1S/C34H31Cl2NO4/c1-2-6-29(34(39)40)37-31(25-13-17-27(35)18-14-25)32(26-15-19-28(36)20-16-26)41-30(33(37)38)21-22-9-11-24(12-10-22)23-7-4-3-5-8-23/h3-5,7-20,29-32H,2,6,21H2,1H3,(H,39,40)/t29-,30+,31-,32+/m0/s1. The van der Waals surface area contributed by atoms with Crippen molar-refractivity contribution in [2.75, 3.05) is 0 Å². The third-order valence-electron chi connectivity index (χ3n) is 7.50. The lowest BCUT2D eigenvalue weighted by atomic mass is 9.88. The van der Waals surface area contributed by atoms with Crippen LogP contribution >= 0.6 is 23.2 Å². The highest BCUT2D eigenvalue weighted by Crippen LogP contribution is 2.44. The third kappa shape index (κ3) is 6.48. The Bertz CT molecular complexity index is 1470. The second-order valence-electron chi connectivity index (χ2n) is 10.2. The second kappa shape index (κ2) is 12.9. The molecule has 0 spiro atoms. The number of nitrogens with zero attached hydrogens (tertiary/aromatic N) is 1. The van der Waals surface area contributed by atoms with Gasteiger partial charge in [-0.1, -0.05) is 115 Å². The third-order valence-corrected chi connectivity index (χ3v) is 8.01. The number of halogens is 2. The van der Waals surface area contributed by atoms with Crippen molar-refractivity contribution in [3.63, 3.8) is 0 Å². The fourth-order valence-electron chi connectivity index (χ4n) is 5.48. The molecule has 5 rings (SSSR count). The number of carbonyl (C=O) groups excluding carboxylic acids is 1. The number of hydrogen-bond acceptors (Lipinski definition) is 3. The van der Waals surface area contributed by atoms with Gasteiger partial charge in [0.1, 0.15) is 18.2 Å². The summed E-state index contributed by atoms with van der Waals surface area (Å²) in [4.78, 5) is 28.4. The van der Waals surface area contributed by atoms with Gasteiger partial charge in [0.05, 0.1) is 6.04 Å². The number of morpholine rings is 1. The Morgan fingerprint density at radius 3 is 1.95 bits per heavy atom. The molecule has 210 valence electrons. The van der Waals surface area contributed by atoms with Crippen LogP contribution in [0, 0.1) is 0 Å². The lowest BCUT2D eigenvalue weighted by Gasteiger charge is -2.47. The first-order valence-corrected chi connectivity index (χ1v) is 14.5. The van der Waals surface area contributed by atoms with E-state index in [4.69, 9.17) is 27.9 Å². The van der Waals surface area contributed by atoms with Gasteiger partial charge < -0.3 is 14.7 Å². The van der Waals surface area contributed by atoms with Gasteiger partial charge in [0.2, 0.25) is 0 Å². The Hall–Kier alpha value is -3.64. The average Bonchev–Trinajstić information content (AvgIpc) is 2.99.